The summed E-state index contributed by atoms with van der Waals surface area (Å²) in [7, 11) is 0. The molecule has 0 aliphatic rings. The Labute approximate surface area is 116 Å². The van der Waals surface area contributed by atoms with E-state index in [1.807, 2.05) is 32.0 Å². The van der Waals surface area contributed by atoms with Gasteiger partial charge < -0.3 is 5.32 Å². The zero-order valence-electron chi connectivity index (χ0n) is 10.6. The van der Waals surface area contributed by atoms with Gasteiger partial charge in [-0.2, -0.15) is 0 Å². The molecule has 4 heteroatoms. The van der Waals surface area contributed by atoms with Crippen LogP contribution in [0.4, 0.5) is 10.1 Å². The minimum atomic E-state index is -0.465. The Morgan fingerprint density at radius 3 is 2.53 bits per heavy atom. The Bertz CT molecular complexity index is 640. The number of hydrogen-bond acceptors (Lipinski definition) is 1. The molecule has 0 saturated carbocycles. The van der Waals surface area contributed by atoms with E-state index in [1.165, 1.54) is 12.1 Å². The second-order valence-electron chi connectivity index (χ2n) is 4.40. The van der Waals surface area contributed by atoms with E-state index in [2.05, 4.69) is 5.32 Å². The molecule has 0 unspecified atom stereocenters. The first-order valence-electron chi connectivity index (χ1n) is 5.81. The molecular formula is C15H13ClFNO. The predicted molar refractivity (Wildman–Crippen MR) is 75.3 cm³/mol. The smallest absolute Gasteiger partial charge is 0.257 e. The molecule has 98 valence electrons. The van der Waals surface area contributed by atoms with Gasteiger partial charge in [0.15, 0.2) is 0 Å². The van der Waals surface area contributed by atoms with Gasteiger partial charge in [-0.05, 0) is 43.7 Å². The largest absolute Gasteiger partial charge is 0.322 e. The highest BCUT2D eigenvalue weighted by atomic mass is 35.5. The van der Waals surface area contributed by atoms with Crippen LogP contribution in [0.3, 0.4) is 0 Å². The van der Waals surface area contributed by atoms with Crippen LogP contribution in [0, 0.1) is 19.7 Å². The quantitative estimate of drug-likeness (QED) is 0.869. The highest BCUT2D eigenvalue weighted by molar-refractivity contribution is 6.34. The molecule has 0 fully saturated rings. The van der Waals surface area contributed by atoms with E-state index in [0.717, 1.165) is 22.9 Å². The minimum Gasteiger partial charge on any atom is -0.322 e. The molecule has 0 atom stereocenters. The van der Waals surface area contributed by atoms with Crippen molar-refractivity contribution in [3.05, 3.63) is 63.9 Å². The number of hydrogen-bond donors (Lipinski definition) is 1. The van der Waals surface area contributed by atoms with E-state index in [1.54, 1.807) is 0 Å². The molecule has 1 N–H and O–H groups in total. The van der Waals surface area contributed by atoms with Crippen molar-refractivity contribution < 1.29 is 9.18 Å². The normalized spacial score (nSPS) is 10.3. The molecule has 0 aliphatic heterocycles. The minimum absolute atomic E-state index is 0.0993. The lowest BCUT2D eigenvalue weighted by atomic mass is 10.1. The van der Waals surface area contributed by atoms with Gasteiger partial charge in [0, 0.05) is 5.69 Å². The summed E-state index contributed by atoms with van der Waals surface area (Å²) < 4.78 is 12.9. The Morgan fingerprint density at radius 2 is 1.89 bits per heavy atom. The second-order valence-corrected chi connectivity index (χ2v) is 4.80. The molecule has 2 nitrogen and oxygen atoms in total. The summed E-state index contributed by atoms with van der Waals surface area (Å²) in [4.78, 5) is 12.1. The van der Waals surface area contributed by atoms with Crippen molar-refractivity contribution >= 4 is 23.2 Å². The first-order valence-corrected chi connectivity index (χ1v) is 6.19. The van der Waals surface area contributed by atoms with Crippen LogP contribution in [0.15, 0.2) is 36.4 Å². The summed E-state index contributed by atoms with van der Waals surface area (Å²) in [5.74, 6) is -0.815. The maximum Gasteiger partial charge on any atom is 0.257 e. The molecule has 1 amide bonds. The molecule has 0 aliphatic carbocycles. The Hall–Kier alpha value is -1.87. The van der Waals surface area contributed by atoms with E-state index in [9.17, 15) is 9.18 Å². The van der Waals surface area contributed by atoms with Crippen LogP contribution in [-0.4, -0.2) is 5.91 Å². The number of aryl methyl sites for hydroxylation is 2. The monoisotopic (exact) mass is 277 g/mol. The van der Waals surface area contributed by atoms with Gasteiger partial charge in [0.25, 0.3) is 5.91 Å². The van der Waals surface area contributed by atoms with Crippen molar-refractivity contribution in [2.24, 2.45) is 0 Å². The number of nitrogens with one attached hydrogen (secondary N) is 1. The molecule has 0 radical (unpaired) electrons. The van der Waals surface area contributed by atoms with E-state index < -0.39 is 5.82 Å². The first-order chi connectivity index (χ1) is 8.97. The van der Waals surface area contributed by atoms with Crippen molar-refractivity contribution in [1.82, 2.24) is 0 Å². The standard InChI is InChI=1S/C15H13ClFNO/c1-9-3-6-14(10(2)7-9)18-15(19)12-5-4-11(17)8-13(12)16/h3-8H,1-2H3,(H,18,19). The van der Waals surface area contributed by atoms with Gasteiger partial charge in [0.05, 0.1) is 10.6 Å². The fourth-order valence-corrected chi connectivity index (χ4v) is 2.07. The number of amides is 1. The number of benzene rings is 2. The molecule has 2 aromatic carbocycles. The van der Waals surface area contributed by atoms with Crippen LogP contribution in [0.5, 0.6) is 0 Å². The molecule has 19 heavy (non-hydrogen) atoms. The highest BCUT2D eigenvalue weighted by Gasteiger charge is 2.12. The fourth-order valence-electron chi connectivity index (χ4n) is 1.82. The molecule has 0 heterocycles. The lowest BCUT2D eigenvalue weighted by molar-refractivity contribution is 0.102. The average Bonchev–Trinajstić information content (AvgIpc) is 2.32. The van der Waals surface area contributed by atoms with Crippen LogP contribution in [0.25, 0.3) is 0 Å². The van der Waals surface area contributed by atoms with Crippen LogP contribution in [-0.2, 0) is 0 Å². The summed E-state index contributed by atoms with van der Waals surface area (Å²) in [5.41, 5.74) is 3.06. The number of carbonyl (C=O) groups is 1. The van der Waals surface area contributed by atoms with E-state index in [0.29, 0.717) is 0 Å². The van der Waals surface area contributed by atoms with Gasteiger partial charge in [0.2, 0.25) is 0 Å². The van der Waals surface area contributed by atoms with E-state index in [4.69, 9.17) is 11.6 Å². The van der Waals surface area contributed by atoms with Gasteiger partial charge >= 0.3 is 0 Å². The topological polar surface area (TPSA) is 29.1 Å². The molecule has 2 aromatic rings. The Kier molecular flexibility index (Phi) is 3.86. The highest BCUT2D eigenvalue weighted by Crippen LogP contribution is 2.21. The summed E-state index contributed by atoms with van der Waals surface area (Å²) in [6.07, 6.45) is 0. The van der Waals surface area contributed by atoms with Gasteiger partial charge in [-0.3, -0.25) is 4.79 Å². The van der Waals surface area contributed by atoms with Crippen molar-refractivity contribution in [3.8, 4) is 0 Å². The molecule has 0 bridgehead atoms. The summed E-state index contributed by atoms with van der Waals surface area (Å²) in [6.45, 7) is 3.89. The number of carbonyl (C=O) groups excluding carboxylic acids is 1. The van der Waals surface area contributed by atoms with Crippen molar-refractivity contribution in [2.45, 2.75) is 13.8 Å². The summed E-state index contributed by atoms with van der Waals surface area (Å²) in [5, 5.41) is 2.87. The Balaban J connectivity index is 2.25. The van der Waals surface area contributed by atoms with Gasteiger partial charge in [-0.1, -0.05) is 29.3 Å². The zero-order chi connectivity index (χ0) is 14.0. The average molecular weight is 278 g/mol. The van der Waals surface area contributed by atoms with Crippen molar-refractivity contribution in [2.75, 3.05) is 5.32 Å². The number of halogens is 2. The SMILES string of the molecule is Cc1ccc(NC(=O)c2ccc(F)cc2Cl)c(C)c1. The second kappa shape index (κ2) is 5.41. The van der Waals surface area contributed by atoms with Crippen LogP contribution in [0.1, 0.15) is 21.5 Å². The molecule has 0 saturated heterocycles. The third-order valence-electron chi connectivity index (χ3n) is 2.81. The van der Waals surface area contributed by atoms with Crippen LogP contribution >= 0.6 is 11.6 Å². The molecule has 2 rings (SSSR count). The zero-order valence-corrected chi connectivity index (χ0v) is 11.4. The van der Waals surface area contributed by atoms with Crippen molar-refractivity contribution in [3.63, 3.8) is 0 Å². The van der Waals surface area contributed by atoms with Crippen LogP contribution in [0.2, 0.25) is 5.02 Å². The molecular weight excluding hydrogens is 265 g/mol. The maximum absolute atomic E-state index is 12.9. The summed E-state index contributed by atoms with van der Waals surface area (Å²) >= 11 is 5.85. The van der Waals surface area contributed by atoms with E-state index in [-0.39, 0.29) is 16.5 Å². The van der Waals surface area contributed by atoms with Crippen molar-refractivity contribution in [1.29, 1.82) is 0 Å². The third kappa shape index (κ3) is 3.12. The molecule has 0 aromatic heterocycles. The van der Waals surface area contributed by atoms with E-state index >= 15 is 0 Å². The lowest BCUT2D eigenvalue weighted by Gasteiger charge is -2.10. The van der Waals surface area contributed by atoms with Gasteiger partial charge in [0.1, 0.15) is 5.82 Å². The Morgan fingerprint density at radius 1 is 1.16 bits per heavy atom. The first kappa shape index (κ1) is 13.6. The number of rotatable bonds is 2. The van der Waals surface area contributed by atoms with Gasteiger partial charge in [-0.15, -0.1) is 0 Å². The summed E-state index contributed by atoms with van der Waals surface area (Å²) in [6, 6.07) is 9.43. The van der Waals surface area contributed by atoms with Crippen LogP contribution < -0.4 is 5.32 Å². The number of anilines is 1. The third-order valence-corrected chi connectivity index (χ3v) is 3.12. The van der Waals surface area contributed by atoms with Gasteiger partial charge in [-0.25, -0.2) is 4.39 Å². The maximum atomic E-state index is 12.9. The fraction of sp³-hybridized carbons (Fsp3) is 0.133. The predicted octanol–water partition coefficient (Wildman–Crippen LogP) is 4.35. The lowest BCUT2D eigenvalue weighted by Crippen LogP contribution is -2.13. The molecule has 0 spiro atoms.